The van der Waals surface area contributed by atoms with Gasteiger partial charge in [-0.25, -0.2) is 5.48 Å². The Morgan fingerprint density at radius 2 is 1.66 bits per heavy atom. The molecule has 0 atom stereocenters. The third kappa shape index (κ3) is 7.65. The Kier molecular flexibility index (Phi) is 9.85. The standard InChI is InChI=1S/C29H37N3O3/c1-21(2)32(22(3)4)17-16-30-19-24(18-23-12-14-26(15-13-23)29(33)31-34)20-35-28-11-7-9-25-8-5-6-10-27(25)28/h5-15,18,21-22,30,34H,16-17,19-20H2,1-4H3,(H,31,33)/b24-18-. The number of nitrogens with one attached hydrogen (secondary N) is 2. The summed E-state index contributed by atoms with van der Waals surface area (Å²) in [6.45, 7) is 11.9. The molecular formula is C29H37N3O3. The monoisotopic (exact) mass is 475 g/mol. The molecule has 6 nitrogen and oxygen atoms in total. The van der Waals surface area contributed by atoms with Crippen LogP contribution in [0.2, 0.25) is 0 Å². The maximum Gasteiger partial charge on any atom is 0.274 e. The zero-order chi connectivity index (χ0) is 25.2. The molecule has 35 heavy (non-hydrogen) atoms. The summed E-state index contributed by atoms with van der Waals surface area (Å²) in [7, 11) is 0. The van der Waals surface area contributed by atoms with Crippen molar-refractivity contribution in [2.45, 2.75) is 39.8 Å². The van der Waals surface area contributed by atoms with Crippen molar-refractivity contribution in [1.29, 1.82) is 0 Å². The third-order valence-electron chi connectivity index (χ3n) is 6.03. The highest BCUT2D eigenvalue weighted by Gasteiger charge is 2.12. The lowest BCUT2D eigenvalue weighted by molar-refractivity contribution is 0.0706. The first kappa shape index (κ1) is 26.4. The predicted octanol–water partition coefficient (Wildman–Crippen LogP) is 5.13. The minimum absolute atomic E-state index is 0.402. The first-order valence-electron chi connectivity index (χ1n) is 12.2. The summed E-state index contributed by atoms with van der Waals surface area (Å²) in [5.41, 5.74) is 4.12. The molecule has 6 heteroatoms. The van der Waals surface area contributed by atoms with Gasteiger partial charge in [0.15, 0.2) is 0 Å². The second-order valence-electron chi connectivity index (χ2n) is 9.23. The SMILES string of the molecule is CC(C)N(CCNC/C(=C/c1ccc(C(=O)NO)cc1)COc1cccc2ccccc12)C(C)C. The zero-order valence-corrected chi connectivity index (χ0v) is 21.1. The van der Waals surface area contributed by atoms with E-state index in [1.165, 1.54) is 0 Å². The Balaban J connectivity index is 1.73. The number of carbonyl (C=O) groups excluding carboxylic acids is 1. The van der Waals surface area contributed by atoms with Crippen molar-refractivity contribution in [1.82, 2.24) is 15.7 Å². The van der Waals surface area contributed by atoms with Gasteiger partial charge in [-0.2, -0.15) is 0 Å². The van der Waals surface area contributed by atoms with Crippen LogP contribution in [0.25, 0.3) is 16.8 Å². The molecule has 3 aromatic rings. The fraction of sp³-hybridized carbons (Fsp3) is 0.345. The number of benzene rings is 3. The zero-order valence-electron chi connectivity index (χ0n) is 21.1. The molecule has 0 saturated carbocycles. The van der Waals surface area contributed by atoms with Crippen LogP contribution < -0.4 is 15.5 Å². The fourth-order valence-corrected chi connectivity index (χ4v) is 4.24. The van der Waals surface area contributed by atoms with Gasteiger partial charge in [-0.15, -0.1) is 0 Å². The third-order valence-corrected chi connectivity index (χ3v) is 6.03. The summed E-state index contributed by atoms with van der Waals surface area (Å²) in [5, 5.41) is 14.7. The Labute approximate surface area is 208 Å². The molecule has 0 fully saturated rings. The molecule has 0 unspecified atom stereocenters. The van der Waals surface area contributed by atoms with E-state index < -0.39 is 5.91 Å². The van der Waals surface area contributed by atoms with Crippen molar-refractivity contribution in [2.75, 3.05) is 26.2 Å². The van der Waals surface area contributed by atoms with Gasteiger partial charge < -0.3 is 10.1 Å². The lowest BCUT2D eigenvalue weighted by atomic mass is 10.1. The maximum atomic E-state index is 11.6. The number of fused-ring (bicyclic) bond motifs is 1. The number of rotatable bonds is 12. The molecule has 0 aromatic heterocycles. The average Bonchev–Trinajstić information content (AvgIpc) is 2.86. The van der Waals surface area contributed by atoms with Gasteiger partial charge in [-0.3, -0.25) is 14.9 Å². The fourth-order valence-electron chi connectivity index (χ4n) is 4.24. The summed E-state index contributed by atoms with van der Waals surface area (Å²) >= 11 is 0. The number of hydrogen-bond acceptors (Lipinski definition) is 5. The smallest absolute Gasteiger partial charge is 0.274 e. The van der Waals surface area contributed by atoms with E-state index in [0.717, 1.165) is 40.7 Å². The molecule has 0 radical (unpaired) electrons. The van der Waals surface area contributed by atoms with Gasteiger partial charge in [0.05, 0.1) is 0 Å². The van der Waals surface area contributed by atoms with E-state index in [1.807, 2.05) is 36.4 Å². The molecule has 0 aliphatic carbocycles. The molecule has 0 spiro atoms. The summed E-state index contributed by atoms with van der Waals surface area (Å²) in [5.74, 6) is 0.330. The van der Waals surface area contributed by atoms with Crippen molar-refractivity contribution < 1.29 is 14.7 Å². The van der Waals surface area contributed by atoms with Crippen molar-refractivity contribution >= 4 is 22.8 Å². The lowest BCUT2D eigenvalue weighted by Gasteiger charge is -2.30. The van der Waals surface area contributed by atoms with E-state index in [2.05, 4.69) is 62.2 Å². The minimum atomic E-state index is -0.526. The predicted molar refractivity (Wildman–Crippen MR) is 143 cm³/mol. The summed E-state index contributed by atoms with van der Waals surface area (Å²) in [4.78, 5) is 14.1. The van der Waals surface area contributed by atoms with E-state index in [0.29, 0.717) is 30.8 Å². The Morgan fingerprint density at radius 1 is 0.971 bits per heavy atom. The van der Waals surface area contributed by atoms with E-state index in [4.69, 9.17) is 9.94 Å². The molecule has 3 N–H and O–H groups in total. The molecule has 0 aliphatic rings. The van der Waals surface area contributed by atoms with Crippen molar-refractivity contribution in [3.05, 3.63) is 83.4 Å². The number of nitrogens with zero attached hydrogens (tertiary/aromatic N) is 1. The average molecular weight is 476 g/mol. The van der Waals surface area contributed by atoms with Crippen LogP contribution in [0.15, 0.2) is 72.3 Å². The van der Waals surface area contributed by atoms with Crippen molar-refractivity contribution in [3.63, 3.8) is 0 Å². The first-order chi connectivity index (χ1) is 16.9. The van der Waals surface area contributed by atoms with E-state index in [1.54, 1.807) is 17.6 Å². The number of ether oxygens (including phenoxy) is 1. The van der Waals surface area contributed by atoms with Gasteiger partial charge in [-0.05, 0) is 62.4 Å². The summed E-state index contributed by atoms with van der Waals surface area (Å²) < 4.78 is 6.27. The number of carbonyl (C=O) groups is 1. The number of hydroxylamine groups is 1. The lowest BCUT2D eigenvalue weighted by Crippen LogP contribution is -2.41. The van der Waals surface area contributed by atoms with Gasteiger partial charge in [0, 0.05) is 42.7 Å². The van der Waals surface area contributed by atoms with Crippen LogP contribution in [-0.4, -0.2) is 54.3 Å². The van der Waals surface area contributed by atoms with Crippen molar-refractivity contribution in [3.8, 4) is 5.75 Å². The molecule has 186 valence electrons. The highest BCUT2D eigenvalue weighted by atomic mass is 16.5. The molecule has 1 amide bonds. The molecule has 0 saturated heterocycles. The largest absolute Gasteiger partial charge is 0.489 e. The molecule has 0 bridgehead atoms. The van der Waals surface area contributed by atoms with Gasteiger partial charge in [0.25, 0.3) is 5.91 Å². The molecule has 0 aliphatic heterocycles. The molecular weight excluding hydrogens is 438 g/mol. The second kappa shape index (κ2) is 13.0. The topological polar surface area (TPSA) is 73.8 Å². The van der Waals surface area contributed by atoms with Gasteiger partial charge in [-0.1, -0.05) is 54.6 Å². The second-order valence-corrected chi connectivity index (χ2v) is 9.23. The molecule has 3 aromatic carbocycles. The van der Waals surface area contributed by atoms with Gasteiger partial charge in [0.2, 0.25) is 0 Å². The Morgan fingerprint density at radius 3 is 2.34 bits per heavy atom. The van der Waals surface area contributed by atoms with Crippen LogP contribution in [-0.2, 0) is 0 Å². The number of hydrogen-bond donors (Lipinski definition) is 3. The van der Waals surface area contributed by atoms with Crippen LogP contribution >= 0.6 is 0 Å². The maximum absolute atomic E-state index is 11.6. The van der Waals surface area contributed by atoms with E-state index in [-0.39, 0.29) is 0 Å². The van der Waals surface area contributed by atoms with Crippen LogP contribution in [0.4, 0.5) is 0 Å². The molecule has 0 heterocycles. The normalized spacial score (nSPS) is 12.1. The van der Waals surface area contributed by atoms with Crippen LogP contribution in [0.5, 0.6) is 5.75 Å². The van der Waals surface area contributed by atoms with Crippen LogP contribution in [0, 0.1) is 0 Å². The Hall–Kier alpha value is -3.19. The van der Waals surface area contributed by atoms with E-state index >= 15 is 0 Å². The van der Waals surface area contributed by atoms with Gasteiger partial charge in [0.1, 0.15) is 12.4 Å². The van der Waals surface area contributed by atoms with Crippen LogP contribution in [0.1, 0.15) is 43.6 Å². The highest BCUT2D eigenvalue weighted by molar-refractivity contribution is 5.93. The van der Waals surface area contributed by atoms with E-state index in [9.17, 15) is 4.79 Å². The Bertz CT molecular complexity index is 1110. The van der Waals surface area contributed by atoms with Gasteiger partial charge >= 0.3 is 0 Å². The molecule has 3 rings (SSSR count). The quantitative estimate of drug-likeness (QED) is 0.192. The number of amides is 1. The highest BCUT2D eigenvalue weighted by Crippen LogP contribution is 2.25. The van der Waals surface area contributed by atoms with Crippen LogP contribution in [0.3, 0.4) is 0 Å². The van der Waals surface area contributed by atoms with Crippen molar-refractivity contribution in [2.24, 2.45) is 0 Å². The minimum Gasteiger partial charge on any atom is -0.489 e. The first-order valence-corrected chi connectivity index (χ1v) is 12.2. The summed E-state index contributed by atoms with van der Waals surface area (Å²) in [6.07, 6.45) is 2.08. The summed E-state index contributed by atoms with van der Waals surface area (Å²) in [6, 6.07) is 22.4.